The maximum atomic E-state index is 4.07. The molecule has 0 aromatic rings. The Morgan fingerprint density at radius 2 is 2.00 bits per heavy atom. The highest BCUT2D eigenvalue weighted by molar-refractivity contribution is 4.95. The largest absolute Gasteiger partial charge is 0.314 e. The van der Waals surface area contributed by atoms with Crippen LogP contribution in [0.4, 0.5) is 0 Å². The number of rotatable bonds is 7. The van der Waals surface area contributed by atoms with Crippen molar-refractivity contribution in [2.45, 2.75) is 79.2 Å². The van der Waals surface area contributed by atoms with E-state index >= 15 is 0 Å². The van der Waals surface area contributed by atoms with E-state index in [1.165, 1.54) is 50.6 Å². The van der Waals surface area contributed by atoms with Crippen molar-refractivity contribution < 1.29 is 0 Å². The molecule has 0 saturated heterocycles. The third kappa shape index (κ3) is 5.30. The lowest BCUT2D eigenvalue weighted by atomic mass is 9.64. The molecule has 0 heterocycles. The Kier molecular flexibility index (Phi) is 6.59. The van der Waals surface area contributed by atoms with Gasteiger partial charge in [0.1, 0.15) is 0 Å². The lowest BCUT2D eigenvalue weighted by Gasteiger charge is -2.45. The van der Waals surface area contributed by atoms with E-state index in [4.69, 9.17) is 0 Å². The molecule has 3 atom stereocenters. The summed E-state index contributed by atoms with van der Waals surface area (Å²) >= 11 is 0. The summed E-state index contributed by atoms with van der Waals surface area (Å²) in [4.78, 5) is 0. The maximum Gasteiger partial charge on any atom is 0.0103 e. The molecule has 3 unspecified atom stereocenters. The minimum absolute atomic E-state index is 0.435. The van der Waals surface area contributed by atoms with Crippen molar-refractivity contribution in [2.75, 3.05) is 6.54 Å². The summed E-state index contributed by atoms with van der Waals surface area (Å²) in [6.07, 6.45) is 7.87. The molecule has 1 rings (SSSR count). The van der Waals surface area contributed by atoms with Crippen LogP contribution in [-0.2, 0) is 0 Å². The van der Waals surface area contributed by atoms with Crippen LogP contribution in [0.1, 0.15) is 73.1 Å². The van der Waals surface area contributed by atoms with Crippen molar-refractivity contribution in [3.8, 4) is 0 Å². The smallest absolute Gasteiger partial charge is 0.0103 e. The van der Waals surface area contributed by atoms with E-state index in [1.807, 2.05) is 0 Å². The molecule has 0 spiro atoms. The van der Waals surface area contributed by atoms with Crippen LogP contribution in [0.25, 0.3) is 0 Å². The first-order valence-electron chi connectivity index (χ1n) is 8.24. The van der Waals surface area contributed by atoms with Gasteiger partial charge < -0.3 is 5.32 Å². The summed E-state index contributed by atoms with van der Waals surface area (Å²) < 4.78 is 0. The second-order valence-corrected chi connectivity index (χ2v) is 7.53. The lowest BCUT2D eigenvalue weighted by Crippen LogP contribution is -2.47. The second kappa shape index (κ2) is 7.47. The standard InChI is InChI=1S/C18H35N/c1-7-12-19-17-13-15(4)8-9-16(17)18(5,6)11-10-14(2)3/h15-17,19H,2,7-13H2,1,3-6H3. The fourth-order valence-corrected chi connectivity index (χ4v) is 3.59. The number of hydrogen-bond acceptors (Lipinski definition) is 1. The Morgan fingerprint density at radius 1 is 1.32 bits per heavy atom. The molecule has 1 N–H and O–H groups in total. The molecule has 0 aromatic carbocycles. The zero-order valence-electron chi connectivity index (χ0n) is 13.9. The van der Waals surface area contributed by atoms with Gasteiger partial charge in [-0.05, 0) is 62.8 Å². The minimum Gasteiger partial charge on any atom is -0.314 e. The fourth-order valence-electron chi connectivity index (χ4n) is 3.59. The molecule has 112 valence electrons. The van der Waals surface area contributed by atoms with Crippen LogP contribution in [0.5, 0.6) is 0 Å². The monoisotopic (exact) mass is 265 g/mol. The van der Waals surface area contributed by atoms with Gasteiger partial charge in [0.05, 0.1) is 0 Å². The van der Waals surface area contributed by atoms with E-state index in [0.29, 0.717) is 5.41 Å². The van der Waals surface area contributed by atoms with Gasteiger partial charge in [-0.3, -0.25) is 0 Å². The van der Waals surface area contributed by atoms with E-state index in [9.17, 15) is 0 Å². The predicted molar refractivity (Wildman–Crippen MR) is 86.4 cm³/mol. The van der Waals surface area contributed by atoms with Gasteiger partial charge in [0.25, 0.3) is 0 Å². The van der Waals surface area contributed by atoms with Crippen LogP contribution in [0.15, 0.2) is 12.2 Å². The second-order valence-electron chi connectivity index (χ2n) is 7.53. The molecule has 1 aliphatic rings. The molecule has 1 fully saturated rings. The summed E-state index contributed by atoms with van der Waals surface area (Å²) in [6.45, 7) is 17.0. The molecule has 1 nitrogen and oxygen atoms in total. The van der Waals surface area contributed by atoms with Crippen molar-refractivity contribution in [1.29, 1.82) is 0 Å². The number of nitrogens with one attached hydrogen (secondary N) is 1. The average molecular weight is 265 g/mol. The first kappa shape index (κ1) is 16.8. The zero-order valence-corrected chi connectivity index (χ0v) is 13.9. The molecule has 1 heteroatoms. The normalized spacial score (nSPS) is 28.4. The summed E-state index contributed by atoms with van der Waals surface area (Å²) in [5.41, 5.74) is 1.76. The van der Waals surface area contributed by atoms with Gasteiger partial charge >= 0.3 is 0 Å². The summed E-state index contributed by atoms with van der Waals surface area (Å²) in [5, 5.41) is 3.82. The SMILES string of the molecule is C=C(C)CCC(C)(C)C1CCC(C)CC1NCCC. The molecule has 0 radical (unpaired) electrons. The van der Waals surface area contributed by atoms with Crippen LogP contribution in [0.3, 0.4) is 0 Å². The molecule has 0 bridgehead atoms. The van der Waals surface area contributed by atoms with E-state index in [1.54, 1.807) is 0 Å². The van der Waals surface area contributed by atoms with E-state index in [-0.39, 0.29) is 0 Å². The molecule has 1 saturated carbocycles. The summed E-state index contributed by atoms with van der Waals surface area (Å²) in [7, 11) is 0. The van der Waals surface area contributed by atoms with Crippen molar-refractivity contribution in [1.82, 2.24) is 5.32 Å². The Balaban J connectivity index is 2.66. The van der Waals surface area contributed by atoms with Crippen LogP contribution in [0.2, 0.25) is 0 Å². The van der Waals surface area contributed by atoms with Crippen LogP contribution in [-0.4, -0.2) is 12.6 Å². The van der Waals surface area contributed by atoms with Gasteiger partial charge in [0, 0.05) is 6.04 Å². The Hall–Kier alpha value is -0.300. The minimum atomic E-state index is 0.435. The van der Waals surface area contributed by atoms with Gasteiger partial charge in [0.2, 0.25) is 0 Å². The maximum absolute atomic E-state index is 4.07. The lowest BCUT2D eigenvalue weighted by molar-refractivity contribution is 0.0870. The summed E-state index contributed by atoms with van der Waals surface area (Å²) in [6, 6.07) is 0.726. The first-order valence-corrected chi connectivity index (χ1v) is 8.24. The molecule has 0 aliphatic heterocycles. The highest BCUT2D eigenvalue weighted by atomic mass is 14.9. The van der Waals surface area contributed by atoms with Gasteiger partial charge in [-0.25, -0.2) is 0 Å². The molecular formula is C18H35N. The van der Waals surface area contributed by atoms with Crippen molar-refractivity contribution in [2.24, 2.45) is 17.3 Å². The quantitative estimate of drug-likeness (QED) is 0.626. The first-order chi connectivity index (χ1) is 8.86. The van der Waals surface area contributed by atoms with Crippen molar-refractivity contribution in [3.63, 3.8) is 0 Å². The molecule has 0 amide bonds. The van der Waals surface area contributed by atoms with Gasteiger partial charge in [-0.2, -0.15) is 0 Å². The number of allylic oxidation sites excluding steroid dienone is 1. The highest BCUT2D eigenvalue weighted by Gasteiger charge is 2.38. The fraction of sp³-hybridized carbons (Fsp3) is 0.889. The third-order valence-electron chi connectivity index (χ3n) is 4.97. The summed E-state index contributed by atoms with van der Waals surface area (Å²) in [5.74, 6) is 1.72. The van der Waals surface area contributed by atoms with Crippen LogP contribution < -0.4 is 5.32 Å². The molecule has 0 aromatic heterocycles. The molecular weight excluding hydrogens is 230 g/mol. The Bertz CT molecular complexity index is 279. The van der Waals surface area contributed by atoms with Gasteiger partial charge in [0.15, 0.2) is 0 Å². The van der Waals surface area contributed by atoms with E-state index in [0.717, 1.165) is 17.9 Å². The van der Waals surface area contributed by atoms with Crippen LogP contribution >= 0.6 is 0 Å². The Labute approximate surface area is 121 Å². The van der Waals surface area contributed by atoms with E-state index < -0.39 is 0 Å². The molecule has 1 aliphatic carbocycles. The van der Waals surface area contributed by atoms with Crippen molar-refractivity contribution >= 4 is 0 Å². The molecule has 19 heavy (non-hydrogen) atoms. The zero-order chi connectivity index (χ0) is 14.5. The van der Waals surface area contributed by atoms with Gasteiger partial charge in [-0.15, -0.1) is 6.58 Å². The van der Waals surface area contributed by atoms with Crippen LogP contribution in [0, 0.1) is 17.3 Å². The number of hydrogen-bond donors (Lipinski definition) is 1. The van der Waals surface area contributed by atoms with E-state index in [2.05, 4.69) is 46.5 Å². The van der Waals surface area contributed by atoms with Crippen molar-refractivity contribution in [3.05, 3.63) is 12.2 Å². The highest BCUT2D eigenvalue weighted by Crippen LogP contribution is 2.43. The Morgan fingerprint density at radius 3 is 2.58 bits per heavy atom. The third-order valence-corrected chi connectivity index (χ3v) is 4.97. The van der Waals surface area contributed by atoms with Gasteiger partial charge in [-0.1, -0.05) is 39.7 Å². The topological polar surface area (TPSA) is 12.0 Å². The average Bonchev–Trinajstić information content (AvgIpc) is 2.34. The predicted octanol–water partition coefficient (Wildman–Crippen LogP) is 5.17.